The minimum atomic E-state index is -0.729. The normalized spacial score (nSPS) is 16.2. The van der Waals surface area contributed by atoms with Crippen LogP contribution in [0.4, 0.5) is 10.1 Å². The van der Waals surface area contributed by atoms with Crippen molar-refractivity contribution in [2.24, 2.45) is 4.99 Å². The number of hydrogen-bond acceptors (Lipinski definition) is 2. The van der Waals surface area contributed by atoms with Crippen molar-refractivity contribution < 1.29 is 9.18 Å². The molecule has 0 aliphatic carbocycles. The summed E-state index contributed by atoms with van der Waals surface area (Å²) in [5.41, 5.74) is 1.60. The number of ketones is 1. The predicted molar refractivity (Wildman–Crippen MR) is 73.4 cm³/mol. The lowest BCUT2D eigenvalue weighted by Crippen LogP contribution is -2.14. The number of benzene rings is 2. The first-order chi connectivity index (χ1) is 9.25. The molecule has 0 fully saturated rings. The largest absolute Gasteiger partial charge is 0.288 e. The van der Waals surface area contributed by atoms with Crippen LogP contribution in [-0.2, 0) is 0 Å². The first-order valence-corrected chi connectivity index (χ1v) is 5.91. The maximum Gasteiger partial charge on any atom is 0.224 e. The van der Waals surface area contributed by atoms with Crippen LogP contribution in [0.2, 0.25) is 0 Å². The number of rotatable bonds is 1. The number of nitrogens with zero attached hydrogens (tertiary/aromatic N) is 1. The Hall–Kier alpha value is -2.55. The number of para-hydroxylation sites is 1. The van der Waals surface area contributed by atoms with E-state index in [9.17, 15) is 9.18 Å². The molecule has 2 aromatic rings. The molecule has 0 saturated carbocycles. The fourth-order valence-corrected chi connectivity index (χ4v) is 2.01. The van der Waals surface area contributed by atoms with Gasteiger partial charge >= 0.3 is 0 Å². The topological polar surface area (TPSA) is 29.4 Å². The minimum absolute atomic E-state index is 0.00454. The predicted octanol–water partition coefficient (Wildman–Crippen LogP) is 3.97. The third-order valence-electron chi connectivity index (χ3n) is 2.94. The summed E-state index contributed by atoms with van der Waals surface area (Å²) in [6.45, 7) is 0. The molecule has 2 nitrogen and oxygen atoms in total. The number of allylic oxidation sites excluding steroid dienone is 1. The Labute approximate surface area is 109 Å². The highest BCUT2D eigenvalue weighted by atomic mass is 19.1. The number of halogens is 1. The lowest BCUT2D eigenvalue weighted by molar-refractivity contribution is 0.104. The maximum absolute atomic E-state index is 13.9. The van der Waals surface area contributed by atoms with E-state index in [4.69, 9.17) is 0 Å². The van der Waals surface area contributed by atoms with Crippen LogP contribution in [0.1, 0.15) is 15.9 Å². The van der Waals surface area contributed by atoms with Gasteiger partial charge in [-0.15, -0.1) is 0 Å². The Kier molecular flexibility index (Phi) is 2.80. The Morgan fingerprint density at radius 3 is 2.42 bits per heavy atom. The van der Waals surface area contributed by atoms with Crippen molar-refractivity contribution in [3.63, 3.8) is 0 Å². The zero-order valence-electron chi connectivity index (χ0n) is 10.0. The van der Waals surface area contributed by atoms with Crippen LogP contribution < -0.4 is 0 Å². The van der Waals surface area contributed by atoms with Crippen LogP contribution in [0.5, 0.6) is 0 Å². The Bertz CT molecular complexity index is 702. The van der Waals surface area contributed by atoms with E-state index in [2.05, 4.69) is 4.99 Å². The zero-order chi connectivity index (χ0) is 13.2. The van der Waals surface area contributed by atoms with Crippen LogP contribution >= 0.6 is 0 Å². The first kappa shape index (κ1) is 11.5. The average molecular weight is 251 g/mol. The summed E-state index contributed by atoms with van der Waals surface area (Å²) in [5.74, 6) is -1.06. The number of fused-ring (bicyclic) bond motifs is 1. The van der Waals surface area contributed by atoms with Gasteiger partial charge in [-0.3, -0.25) is 4.79 Å². The van der Waals surface area contributed by atoms with E-state index in [-0.39, 0.29) is 11.4 Å². The number of Topliss-reactive ketones (excluding diaryl/α,β-unsaturated/α-hetero) is 1. The lowest BCUT2D eigenvalue weighted by atomic mass is 9.97. The Morgan fingerprint density at radius 2 is 1.63 bits per heavy atom. The number of aliphatic imine (C=N–C) groups is 1. The summed E-state index contributed by atoms with van der Waals surface area (Å²) in [4.78, 5) is 16.1. The summed E-state index contributed by atoms with van der Waals surface area (Å²) in [6, 6.07) is 15.9. The second-order valence-electron chi connectivity index (χ2n) is 4.22. The molecular formula is C16H10FNO. The van der Waals surface area contributed by atoms with E-state index in [0.29, 0.717) is 11.3 Å². The highest BCUT2D eigenvalue weighted by Gasteiger charge is 2.25. The molecule has 0 spiro atoms. The smallest absolute Gasteiger partial charge is 0.224 e. The highest BCUT2D eigenvalue weighted by Crippen LogP contribution is 2.29. The third-order valence-corrected chi connectivity index (χ3v) is 2.94. The second kappa shape index (κ2) is 4.61. The molecule has 0 atom stereocenters. The van der Waals surface area contributed by atoms with Crippen molar-refractivity contribution in [2.75, 3.05) is 0 Å². The lowest BCUT2D eigenvalue weighted by Gasteiger charge is -2.12. The van der Waals surface area contributed by atoms with Crippen molar-refractivity contribution in [3.8, 4) is 0 Å². The van der Waals surface area contributed by atoms with Crippen LogP contribution in [0.25, 0.3) is 6.08 Å². The summed E-state index contributed by atoms with van der Waals surface area (Å²) in [5, 5.41) is 0. The van der Waals surface area contributed by atoms with E-state index in [1.165, 1.54) is 6.08 Å². The summed E-state index contributed by atoms with van der Waals surface area (Å²) in [7, 11) is 0. The molecule has 3 heteroatoms. The molecule has 0 N–H and O–H groups in total. The zero-order valence-corrected chi connectivity index (χ0v) is 10.0. The highest BCUT2D eigenvalue weighted by molar-refractivity contribution is 6.31. The van der Waals surface area contributed by atoms with Crippen LogP contribution in [0, 0.1) is 0 Å². The van der Waals surface area contributed by atoms with Gasteiger partial charge in [-0.1, -0.05) is 42.5 Å². The molecule has 1 heterocycles. The quantitative estimate of drug-likeness (QED) is 0.705. The van der Waals surface area contributed by atoms with E-state index in [1.807, 2.05) is 30.3 Å². The standard InChI is InChI=1S/C16H10FNO/c17-16-13(10-11-6-2-1-3-7-11)15(19)12-8-4-5-9-14(12)18-16/h1-10H. The van der Waals surface area contributed by atoms with Crippen molar-refractivity contribution in [2.45, 2.75) is 0 Å². The molecule has 19 heavy (non-hydrogen) atoms. The van der Waals surface area contributed by atoms with Gasteiger partial charge in [-0.05, 0) is 23.8 Å². The van der Waals surface area contributed by atoms with Gasteiger partial charge in [0.1, 0.15) is 0 Å². The molecular weight excluding hydrogens is 241 g/mol. The van der Waals surface area contributed by atoms with Gasteiger partial charge in [0.2, 0.25) is 5.97 Å². The number of carbonyl (C=O) groups excluding carboxylic acids is 1. The molecule has 1 aliphatic rings. The summed E-state index contributed by atoms with van der Waals surface area (Å²) < 4.78 is 13.9. The molecule has 0 aromatic heterocycles. The van der Waals surface area contributed by atoms with Crippen molar-refractivity contribution in [1.82, 2.24) is 0 Å². The fraction of sp³-hybridized carbons (Fsp3) is 0. The van der Waals surface area contributed by atoms with E-state index in [1.54, 1.807) is 24.3 Å². The SMILES string of the molecule is O=C1C(=Cc2ccccc2)C(F)=Nc2ccccc21. The molecule has 0 radical (unpaired) electrons. The van der Waals surface area contributed by atoms with Gasteiger partial charge in [0.25, 0.3) is 0 Å². The Morgan fingerprint density at radius 1 is 0.947 bits per heavy atom. The molecule has 92 valence electrons. The summed E-state index contributed by atoms with van der Waals surface area (Å²) in [6.07, 6.45) is 1.52. The molecule has 0 amide bonds. The van der Waals surface area contributed by atoms with Gasteiger partial charge in [0, 0.05) is 5.56 Å². The van der Waals surface area contributed by atoms with Gasteiger partial charge in [-0.2, -0.15) is 4.39 Å². The van der Waals surface area contributed by atoms with E-state index >= 15 is 0 Å². The third kappa shape index (κ3) is 2.10. The van der Waals surface area contributed by atoms with E-state index < -0.39 is 5.97 Å². The van der Waals surface area contributed by atoms with Gasteiger partial charge in [0.05, 0.1) is 11.3 Å². The van der Waals surface area contributed by atoms with Crippen LogP contribution in [-0.4, -0.2) is 11.7 Å². The monoisotopic (exact) mass is 251 g/mol. The van der Waals surface area contributed by atoms with Crippen molar-refractivity contribution in [3.05, 3.63) is 71.3 Å². The van der Waals surface area contributed by atoms with E-state index in [0.717, 1.165) is 5.56 Å². The van der Waals surface area contributed by atoms with Crippen LogP contribution in [0.3, 0.4) is 0 Å². The van der Waals surface area contributed by atoms with Gasteiger partial charge in [-0.25, -0.2) is 4.99 Å². The van der Waals surface area contributed by atoms with Crippen LogP contribution in [0.15, 0.2) is 65.2 Å². The molecule has 0 unspecified atom stereocenters. The van der Waals surface area contributed by atoms with Gasteiger partial charge < -0.3 is 0 Å². The molecule has 1 aliphatic heterocycles. The molecule has 0 saturated heterocycles. The summed E-state index contributed by atoms with van der Waals surface area (Å²) >= 11 is 0. The first-order valence-electron chi connectivity index (χ1n) is 5.91. The van der Waals surface area contributed by atoms with Crippen molar-refractivity contribution in [1.29, 1.82) is 0 Å². The second-order valence-corrected chi connectivity index (χ2v) is 4.22. The minimum Gasteiger partial charge on any atom is -0.288 e. The number of hydrogen-bond donors (Lipinski definition) is 0. The molecule has 0 bridgehead atoms. The maximum atomic E-state index is 13.9. The van der Waals surface area contributed by atoms with Crippen molar-refractivity contribution >= 4 is 23.5 Å². The average Bonchev–Trinajstić information content (AvgIpc) is 2.45. The number of carbonyl (C=O) groups is 1. The molecule has 2 aromatic carbocycles. The fourth-order valence-electron chi connectivity index (χ4n) is 2.01. The Balaban J connectivity index is 2.11. The molecule has 3 rings (SSSR count). The van der Waals surface area contributed by atoms with Gasteiger partial charge in [0.15, 0.2) is 5.78 Å².